The summed E-state index contributed by atoms with van der Waals surface area (Å²) >= 11 is 0. The van der Waals surface area contributed by atoms with Crippen molar-refractivity contribution in [2.75, 3.05) is 29.7 Å². The third-order valence-electron chi connectivity index (χ3n) is 2.47. The second kappa shape index (κ2) is 5.99. The first-order chi connectivity index (χ1) is 8.37. The van der Waals surface area contributed by atoms with Crippen molar-refractivity contribution >= 4 is 21.5 Å². The highest BCUT2D eigenvalue weighted by atomic mass is 32.2. The van der Waals surface area contributed by atoms with Crippen molar-refractivity contribution < 1.29 is 8.42 Å². The molecule has 0 spiro atoms. The van der Waals surface area contributed by atoms with Crippen LogP contribution in [0.4, 0.5) is 11.6 Å². The molecule has 0 saturated heterocycles. The highest BCUT2D eigenvalue weighted by molar-refractivity contribution is 7.90. The van der Waals surface area contributed by atoms with Crippen LogP contribution >= 0.6 is 0 Å². The Hall–Kier alpha value is -1.37. The van der Waals surface area contributed by atoms with Gasteiger partial charge in [-0.2, -0.15) is 0 Å². The van der Waals surface area contributed by atoms with Gasteiger partial charge in [0.1, 0.15) is 27.8 Å². The van der Waals surface area contributed by atoms with Gasteiger partial charge in [0, 0.05) is 24.9 Å². The molecule has 0 radical (unpaired) electrons. The second-order valence-corrected chi connectivity index (χ2v) is 6.48. The lowest BCUT2D eigenvalue weighted by Crippen LogP contribution is -2.26. The summed E-state index contributed by atoms with van der Waals surface area (Å²) in [5, 5.41) is 6.12. The van der Waals surface area contributed by atoms with E-state index in [0.717, 1.165) is 17.8 Å². The first kappa shape index (κ1) is 14.7. The van der Waals surface area contributed by atoms with Crippen LogP contribution in [0.2, 0.25) is 0 Å². The van der Waals surface area contributed by atoms with Crippen molar-refractivity contribution in [3.05, 3.63) is 11.9 Å². The molecule has 1 atom stereocenters. The number of hydrogen-bond acceptors (Lipinski definition) is 6. The maximum Gasteiger partial charge on any atom is 0.149 e. The quantitative estimate of drug-likeness (QED) is 0.801. The molecule has 7 heteroatoms. The Labute approximate surface area is 108 Å². The molecule has 1 heterocycles. The van der Waals surface area contributed by atoms with Crippen LogP contribution in [0.5, 0.6) is 0 Å². The second-order valence-electron chi connectivity index (χ2n) is 4.29. The normalized spacial score (nSPS) is 13.1. The zero-order valence-corrected chi connectivity index (χ0v) is 12.0. The minimum Gasteiger partial charge on any atom is -0.373 e. The number of sulfone groups is 1. The molecule has 0 aliphatic rings. The van der Waals surface area contributed by atoms with Gasteiger partial charge in [-0.3, -0.25) is 0 Å². The summed E-state index contributed by atoms with van der Waals surface area (Å²) in [6.07, 6.45) is 3.45. The average molecular weight is 272 g/mol. The standard InChI is InChI=1S/C11H20N4O2S/c1-5-9-10(12-3)13-7-14-11(9)15-8(2)6-18(4,16)17/h7-8H,5-6H2,1-4H3,(H2,12,13,14,15). The van der Waals surface area contributed by atoms with E-state index in [9.17, 15) is 8.42 Å². The molecule has 1 rings (SSSR count). The minimum atomic E-state index is -3.00. The highest BCUT2D eigenvalue weighted by Crippen LogP contribution is 2.20. The summed E-state index contributed by atoms with van der Waals surface area (Å²) in [5.41, 5.74) is 0.959. The van der Waals surface area contributed by atoms with Gasteiger partial charge in [-0.1, -0.05) is 6.92 Å². The van der Waals surface area contributed by atoms with E-state index >= 15 is 0 Å². The fourth-order valence-electron chi connectivity index (χ4n) is 1.82. The van der Waals surface area contributed by atoms with Crippen molar-refractivity contribution in [3.63, 3.8) is 0 Å². The molecule has 0 aliphatic heterocycles. The minimum absolute atomic E-state index is 0.0784. The maximum atomic E-state index is 11.2. The lowest BCUT2D eigenvalue weighted by molar-refractivity contribution is 0.598. The van der Waals surface area contributed by atoms with Gasteiger partial charge in [0.2, 0.25) is 0 Å². The van der Waals surface area contributed by atoms with Gasteiger partial charge in [0.25, 0.3) is 0 Å². The van der Waals surface area contributed by atoms with Crippen LogP contribution in [0.1, 0.15) is 19.4 Å². The van der Waals surface area contributed by atoms with E-state index in [1.165, 1.54) is 12.6 Å². The summed E-state index contributed by atoms with van der Waals surface area (Å²) in [6.45, 7) is 3.83. The van der Waals surface area contributed by atoms with E-state index < -0.39 is 9.84 Å². The Morgan fingerprint density at radius 3 is 2.44 bits per heavy atom. The predicted octanol–water partition coefficient (Wildman–Crippen LogP) is 0.926. The van der Waals surface area contributed by atoms with Crippen molar-refractivity contribution in [2.45, 2.75) is 26.3 Å². The topological polar surface area (TPSA) is 84.0 Å². The predicted molar refractivity (Wildman–Crippen MR) is 73.8 cm³/mol. The van der Waals surface area contributed by atoms with E-state index in [1.807, 2.05) is 13.8 Å². The largest absolute Gasteiger partial charge is 0.373 e. The van der Waals surface area contributed by atoms with E-state index in [-0.39, 0.29) is 11.8 Å². The molecule has 102 valence electrons. The van der Waals surface area contributed by atoms with Crippen LogP contribution in [0.15, 0.2) is 6.33 Å². The Morgan fingerprint density at radius 2 is 1.94 bits per heavy atom. The maximum absolute atomic E-state index is 11.2. The van der Waals surface area contributed by atoms with Gasteiger partial charge in [-0.25, -0.2) is 18.4 Å². The molecule has 0 aromatic carbocycles. The van der Waals surface area contributed by atoms with Gasteiger partial charge >= 0.3 is 0 Å². The molecule has 1 aromatic rings. The third-order valence-corrected chi connectivity index (χ3v) is 3.58. The van der Waals surface area contributed by atoms with Crippen molar-refractivity contribution in [1.29, 1.82) is 0 Å². The summed E-state index contributed by atoms with van der Waals surface area (Å²) in [4.78, 5) is 8.30. The highest BCUT2D eigenvalue weighted by Gasteiger charge is 2.14. The third kappa shape index (κ3) is 4.14. The molecule has 0 amide bonds. The van der Waals surface area contributed by atoms with Gasteiger partial charge in [0.05, 0.1) is 5.75 Å². The zero-order valence-electron chi connectivity index (χ0n) is 11.2. The fraction of sp³-hybridized carbons (Fsp3) is 0.636. The summed E-state index contributed by atoms with van der Waals surface area (Å²) in [5.74, 6) is 1.53. The first-order valence-electron chi connectivity index (χ1n) is 5.83. The van der Waals surface area contributed by atoms with Crippen LogP contribution in [-0.4, -0.2) is 43.5 Å². The van der Waals surface area contributed by atoms with Crippen molar-refractivity contribution in [2.24, 2.45) is 0 Å². The molecular formula is C11H20N4O2S. The number of hydrogen-bond donors (Lipinski definition) is 2. The molecule has 0 aliphatic carbocycles. The Balaban J connectivity index is 2.90. The van der Waals surface area contributed by atoms with E-state index in [0.29, 0.717) is 5.82 Å². The average Bonchev–Trinajstić information content (AvgIpc) is 2.25. The molecule has 1 unspecified atom stereocenters. The van der Waals surface area contributed by atoms with Crippen LogP contribution < -0.4 is 10.6 Å². The lowest BCUT2D eigenvalue weighted by Gasteiger charge is -2.17. The number of nitrogens with one attached hydrogen (secondary N) is 2. The molecule has 6 nitrogen and oxygen atoms in total. The van der Waals surface area contributed by atoms with Crippen LogP contribution in [0, 0.1) is 0 Å². The number of rotatable bonds is 6. The van der Waals surface area contributed by atoms with Crippen LogP contribution in [0.3, 0.4) is 0 Å². The number of anilines is 2. The van der Waals surface area contributed by atoms with E-state index in [4.69, 9.17) is 0 Å². The summed E-state index contributed by atoms with van der Waals surface area (Å²) in [7, 11) is -1.20. The zero-order chi connectivity index (χ0) is 13.8. The van der Waals surface area contributed by atoms with Gasteiger partial charge in [-0.15, -0.1) is 0 Å². The molecule has 2 N–H and O–H groups in total. The SMILES string of the molecule is CCc1c(NC)ncnc1NC(C)CS(C)(=O)=O. The van der Waals surface area contributed by atoms with Crippen molar-refractivity contribution in [1.82, 2.24) is 9.97 Å². The van der Waals surface area contributed by atoms with Gasteiger partial charge in [0.15, 0.2) is 0 Å². The number of aromatic nitrogens is 2. The lowest BCUT2D eigenvalue weighted by atomic mass is 10.2. The molecule has 0 saturated carbocycles. The Morgan fingerprint density at radius 1 is 1.33 bits per heavy atom. The van der Waals surface area contributed by atoms with E-state index in [1.54, 1.807) is 7.05 Å². The van der Waals surface area contributed by atoms with Crippen molar-refractivity contribution in [3.8, 4) is 0 Å². The monoisotopic (exact) mass is 272 g/mol. The van der Waals surface area contributed by atoms with Gasteiger partial charge < -0.3 is 10.6 Å². The summed E-state index contributed by atoms with van der Waals surface area (Å²) < 4.78 is 22.4. The van der Waals surface area contributed by atoms with Crippen LogP contribution in [-0.2, 0) is 16.3 Å². The first-order valence-corrected chi connectivity index (χ1v) is 7.89. The Kier molecular flexibility index (Phi) is 4.89. The molecular weight excluding hydrogens is 252 g/mol. The smallest absolute Gasteiger partial charge is 0.149 e. The Bertz CT molecular complexity index is 502. The van der Waals surface area contributed by atoms with Gasteiger partial charge in [-0.05, 0) is 13.3 Å². The molecule has 0 bridgehead atoms. The molecule has 1 aromatic heterocycles. The van der Waals surface area contributed by atoms with Crippen LogP contribution in [0.25, 0.3) is 0 Å². The van der Waals surface area contributed by atoms with E-state index in [2.05, 4.69) is 20.6 Å². The molecule has 18 heavy (non-hydrogen) atoms. The summed E-state index contributed by atoms with van der Waals surface area (Å²) in [6, 6.07) is -0.190. The molecule has 0 fully saturated rings. The fourth-order valence-corrected chi connectivity index (χ4v) is 2.81. The number of nitrogens with zero attached hydrogens (tertiary/aromatic N) is 2.